The van der Waals surface area contributed by atoms with E-state index < -0.39 is 42.8 Å². The largest absolute Gasteiger partial charge is 0.394 e. The van der Waals surface area contributed by atoms with Gasteiger partial charge in [0.15, 0.2) is 12.0 Å². The van der Waals surface area contributed by atoms with Gasteiger partial charge in [0, 0.05) is 12.3 Å². The van der Waals surface area contributed by atoms with Crippen LogP contribution in [-0.4, -0.2) is 68.5 Å². The highest BCUT2D eigenvalue weighted by Crippen LogP contribution is 2.28. The molecule has 1 fully saturated rings. The number of aromatic nitrogens is 2. The maximum atomic E-state index is 12.0. The van der Waals surface area contributed by atoms with Crippen molar-refractivity contribution in [2.75, 3.05) is 18.7 Å². The topological polar surface area (TPSA) is 152 Å². The van der Waals surface area contributed by atoms with Crippen LogP contribution < -0.4 is 11.2 Å². The van der Waals surface area contributed by atoms with E-state index >= 15 is 0 Å². The molecule has 0 spiro atoms. The molecule has 4 N–H and O–H groups in total. The Hall–Kier alpha value is -2.05. The highest BCUT2D eigenvalue weighted by Gasteiger charge is 2.43. The summed E-state index contributed by atoms with van der Waals surface area (Å²) in [4.78, 5) is 31.8. The van der Waals surface area contributed by atoms with E-state index in [1.54, 1.807) is 13.8 Å². The van der Waals surface area contributed by atoms with Crippen molar-refractivity contribution in [3.8, 4) is 0 Å². The average molecular weight is 359 g/mol. The zero-order valence-electron chi connectivity index (χ0n) is 13.7. The van der Waals surface area contributed by atoms with Crippen molar-refractivity contribution < 1.29 is 34.4 Å². The van der Waals surface area contributed by atoms with Crippen LogP contribution in [0.25, 0.3) is 0 Å². The summed E-state index contributed by atoms with van der Waals surface area (Å²) < 4.78 is 11.3. The molecule has 2 rings (SSSR count). The first-order valence-corrected chi connectivity index (χ1v) is 7.62. The molecule has 4 atom stereocenters. The lowest BCUT2D eigenvalue weighted by atomic mass is 10.1. The van der Waals surface area contributed by atoms with Crippen LogP contribution in [0.1, 0.15) is 20.1 Å². The first-order chi connectivity index (χ1) is 11.8. The van der Waals surface area contributed by atoms with Crippen LogP contribution in [0.4, 0.5) is 5.82 Å². The van der Waals surface area contributed by atoms with E-state index in [4.69, 9.17) is 19.4 Å². The van der Waals surface area contributed by atoms with Crippen molar-refractivity contribution >= 4 is 11.8 Å². The molecule has 11 heteroatoms. The van der Waals surface area contributed by atoms with Crippen LogP contribution >= 0.6 is 0 Å². The summed E-state index contributed by atoms with van der Waals surface area (Å²) in [6.07, 6.45) is -3.82. The van der Waals surface area contributed by atoms with Gasteiger partial charge in [-0.2, -0.15) is 4.98 Å². The predicted molar refractivity (Wildman–Crippen MR) is 82.3 cm³/mol. The number of nitrogens with one attached hydrogen (secondary N) is 1. The monoisotopic (exact) mass is 359 g/mol. The Balaban J connectivity index is 1.99. The van der Waals surface area contributed by atoms with Gasteiger partial charge in [0.1, 0.15) is 24.9 Å². The molecule has 0 aromatic carbocycles. The molecule has 1 aliphatic heterocycles. The summed E-state index contributed by atoms with van der Waals surface area (Å²) in [5, 5.41) is 28.7. The van der Waals surface area contributed by atoms with E-state index in [2.05, 4.69) is 10.5 Å². The Labute approximate surface area is 142 Å². The zero-order chi connectivity index (χ0) is 18.6. The molecule has 1 aliphatic rings. The first kappa shape index (κ1) is 19.3. The van der Waals surface area contributed by atoms with Crippen molar-refractivity contribution in [1.82, 2.24) is 9.55 Å². The second kappa shape index (κ2) is 8.36. The molecule has 0 aliphatic carbocycles. The van der Waals surface area contributed by atoms with Gasteiger partial charge in [0.25, 0.3) is 0 Å². The number of rotatable bonds is 7. The number of carbonyl (C=O) groups excluding carboxylic acids is 1. The summed E-state index contributed by atoms with van der Waals surface area (Å²) in [5.41, 5.74) is 1.41. The smallest absolute Gasteiger partial charge is 0.357 e. The minimum absolute atomic E-state index is 0.0362. The molecule has 1 aromatic rings. The Bertz CT molecular complexity index is 649. The summed E-state index contributed by atoms with van der Waals surface area (Å²) in [6.45, 7) is 2.76. The lowest BCUT2D eigenvalue weighted by molar-refractivity contribution is -0.147. The minimum Gasteiger partial charge on any atom is -0.394 e. The molecule has 0 saturated carbocycles. The lowest BCUT2D eigenvalue weighted by Gasteiger charge is -2.17. The second-order valence-electron chi connectivity index (χ2n) is 5.67. The van der Waals surface area contributed by atoms with Crippen molar-refractivity contribution in [2.24, 2.45) is 0 Å². The van der Waals surface area contributed by atoms with Crippen LogP contribution in [0.3, 0.4) is 0 Å². The van der Waals surface area contributed by atoms with Gasteiger partial charge in [-0.05, 0) is 13.8 Å². The molecular formula is C14H21N3O8. The Kier molecular flexibility index (Phi) is 6.45. The van der Waals surface area contributed by atoms with Gasteiger partial charge < -0.3 is 29.6 Å². The van der Waals surface area contributed by atoms with Gasteiger partial charge in [-0.25, -0.2) is 15.1 Å². The third kappa shape index (κ3) is 4.74. The summed E-state index contributed by atoms with van der Waals surface area (Å²) in [7, 11) is 0. The van der Waals surface area contributed by atoms with E-state index in [0.29, 0.717) is 0 Å². The summed E-state index contributed by atoms with van der Waals surface area (Å²) in [5.74, 6) is -0.728. The van der Waals surface area contributed by atoms with Gasteiger partial charge >= 0.3 is 11.7 Å². The number of aliphatic hydroxyl groups is 3. The van der Waals surface area contributed by atoms with Crippen LogP contribution in [-0.2, 0) is 19.1 Å². The second-order valence-corrected chi connectivity index (χ2v) is 5.67. The van der Waals surface area contributed by atoms with Crippen molar-refractivity contribution in [1.29, 1.82) is 0 Å². The van der Waals surface area contributed by atoms with Crippen LogP contribution in [0.2, 0.25) is 0 Å². The molecule has 1 saturated heterocycles. The maximum absolute atomic E-state index is 12.0. The highest BCUT2D eigenvalue weighted by atomic mass is 16.7. The minimum atomic E-state index is -1.40. The van der Waals surface area contributed by atoms with Gasteiger partial charge in [-0.1, -0.05) is 0 Å². The van der Waals surface area contributed by atoms with E-state index in [1.807, 2.05) is 0 Å². The molecule has 0 unspecified atom stereocenters. The molecule has 2 heterocycles. The Morgan fingerprint density at radius 2 is 2.16 bits per heavy atom. The molecule has 1 aromatic heterocycles. The third-order valence-electron chi connectivity index (χ3n) is 3.43. The zero-order valence-corrected chi connectivity index (χ0v) is 13.7. The molecule has 0 radical (unpaired) electrons. The fraction of sp³-hybridized carbons (Fsp3) is 0.643. The summed E-state index contributed by atoms with van der Waals surface area (Å²) >= 11 is 0. The molecule has 0 amide bonds. The first-order valence-electron chi connectivity index (χ1n) is 7.62. The van der Waals surface area contributed by atoms with E-state index in [-0.39, 0.29) is 18.5 Å². The Morgan fingerprint density at radius 1 is 1.44 bits per heavy atom. The standard InChI is InChI=1S/C14H21N3O8/c1-7(2)23-6-10(19)25-16-9-3-4-17(14(22)15-9)13-12(21)11(20)8(5-18)24-13/h3-4,7-8,11-13,18,20-21H,5-6H2,1-2H3,(H,15,16,22)/t8-,11-,12-,13-/m1/s1. The molecule has 140 valence electrons. The number of hydrogen-bond acceptors (Lipinski definition) is 10. The van der Waals surface area contributed by atoms with Crippen LogP contribution in [0.15, 0.2) is 17.1 Å². The number of ether oxygens (including phenoxy) is 2. The van der Waals surface area contributed by atoms with Gasteiger partial charge in [-0.3, -0.25) is 4.57 Å². The average Bonchev–Trinajstić information content (AvgIpc) is 2.86. The van der Waals surface area contributed by atoms with Crippen molar-refractivity contribution in [2.45, 2.75) is 44.5 Å². The van der Waals surface area contributed by atoms with Crippen LogP contribution in [0, 0.1) is 0 Å². The van der Waals surface area contributed by atoms with Gasteiger partial charge in [0.05, 0.1) is 12.7 Å². The molecule has 11 nitrogen and oxygen atoms in total. The van der Waals surface area contributed by atoms with E-state index in [0.717, 1.165) is 4.57 Å². The lowest BCUT2D eigenvalue weighted by Crippen LogP contribution is -2.36. The van der Waals surface area contributed by atoms with E-state index in [1.165, 1.54) is 12.3 Å². The maximum Gasteiger partial charge on any atom is 0.357 e. The quantitative estimate of drug-likeness (QED) is 0.408. The SMILES string of the molecule is CC(C)OCC(=O)ONc1ccn([C@@H]2O[C@H](CO)[C@@H](O)[C@H]2O)c(=O)n1. The fourth-order valence-electron chi connectivity index (χ4n) is 2.15. The Morgan fingerprint density at radius 3 is 2.72 bits per heavy atom. The van der Waals surface area contributed by atoms with Crippen molar-refractivity contribution in [3.05, 3.63) is 22.7 Å². The van der Waals surface area contributed by atoms with Crippen LogP contribution in [0.5, 0.6) is 0 Å². The third-order valence-corrected chi connectivity index (χ3v) is 3.43. The number of nitrogens with zero attached hydrogens (tertiary/aromatic N) is 2. The fourth-order valence-corrected chi connectivity index (χ4v) is 2.15. The van der Waals surface area contributed by atoms with E-state index in [9.17, 15) is 19.8 Å². The predicted octanol–water partition coefficient (Wildman–Crippen LogP) is -1.85. The number of anilines is 1. The molecular weight excluding hydrogens is 338 g/mol. The van der Waals surface area contributed by atoms with Gasteiger partial charge in [0.2, 0.25) is 0 Å². The molecule has 0 bridgehead atoms. The normalized spacial score (nSPS) is 26.0. The number of aliphatic hydroxyl groups excluding tert-OH is 3. The molecule has 25 heavy (non-hydrogen) atoms. The van der Waals surface area contributed by atoms with Crippen molar-refractivity contribution in [3.63, 3.8) is 0 Å². The summed E-state index contributed by atoms with van der Waals surface area (Å²) in [6, 6.07) is 1.31. The number of hydrogen-bond donors (Lipinski definition) is 4. The number of carbonyl (C=O) groups is 1. The highest BCUT2D eigenvalue weighted by molar-refractivity contribution is 5.71. The van der Waals surface area contributed by atoms with Gasteiger partial charge in [-0.15, -0.1) is 0 Å².